The number of aliphatic hydroxyl groups is 1. The Kier molecular flexibility index (Phi) is 4.00. The Morgan fingerprint density at radius 2 is 2.13 bits per heavy atom. The number of hydrogen-bond acceptors (Lipinski definition) is 3. The van der Waals surface area contributed by atoms with Gasteiger partial charge >= 0.3 is 0 Å². The Balaban J connectivity index is 1.42. The summed E-state index contributed by atoms with van der Waals surface area (Å²) in [7, 11) is 0. The molecule has 1 atom stereocenters. The number of hydrogen-bond donors (Lipinski definition) is 2. The maximum Gasteiger partial charge on any atom is 0.0524 e. The van der Waals surface area contributed by atoms with Crippen molar-refractivity contribution in [3.8, 4) is 0 Å². The van der Waals surface area contributed by atoms with Crippen LogP contribution in [0.1, 0.15) is 32.6 Å². The normalized spacial score (nSPS) is 25.2. The van der Waals surface area contributed by atoms with Gasteiger partial charge in [-0.3, -0.25) is 0 Å². The molecule has 0 bridgehead atoms. The first kappa shape index (κ1) is 11.4. The van der Waals surface area contributed by atoms with Gasteiger partial charge in [0.25, 0.3) is 0 Å². The topological polar surface area (TPSA) is 35.5 Å². The van der Waals surface area contributed by atoms with Gasteiger partial charge in [0.1, 0.15) is 0 Å². The van der Waals surface area contributed by atoms with Crippen LogP contribution in [0, 0.1) is 5.92 Å². The molecule has 1 unspecified atom stereocenters. The molecule has 2 rings (SSSR count). The summed E-state index contributed by atoms with van der Waals surface area (Å²) in [4.78, 5) is 2.45. The minimum atomic E-state index is -0.138. The van der Waals surface area contributed by atoms with E-state index < -0.39 is 0 Å². The molecule has 88 valence electrons. The Morgan fingerprint density at radius 1 is 1.40 bits per heavy atom. The first-order valence-corrected chi connectivity index (χ1v) is 6.38. The number of nitrogens with one attached hydrogen (secondary N) is 1. The van der Waals surface area contributed by atoms with Crippen molar-refractivity contribution in [1.29, 1.82) is 0 Å². The van der Waals surface area contributed by atoms with Crippen LogP contribution in [0.3, 0.4) is 0 Å². The lowest BCUT2D eigenvalue weighted by Gasteiger charge is -2.39. The molecule has 0 spiro atoms. The van der Waals surface area contributed by atoms with E-state index in [0.29, 0.717) is 0 Å². The molecule has 1 saturated heterocycles. The zero-order valence-corrected chi connectivity index (χ0v) is 9.78. The van der Waals surface area contributed by atoms with E-state index in [0.717, 1.165) is 24.9 Å². The van der Waals surface area contributed by atoms with Gasteiger partial charge in [0, 0.05) is 25.7 Å². The molecule has 0 aromatic carbocycles. The second-order valence-corrected chi connectivity index (χ2v) is 5.28. The van der Waals surface area contributed by atoms with Crippen LogP contribution in [0.4, 0.5) is 0 Å². The SMILES string of the molecule is CC(O)CCN1CC(CCNC2CC2)C1. The summed E-state index contributed by atoms with van der Waals surface area (Å²) >= 11 is 0. The molecule has 2 aliphatic rings. The maximum absolute atomic E-state index is 9.16. The summed E-state index contributed by atoms with van der Waals surface area (Å²) in [6.07, 6.45) is 4.91. The van der Waals surface area contributed by atoms with Gasteiger partial charge in [0.15, 0.2) is 0 Å². The summed E-state index contributed by atoms with van der Waals surface area (Å²) in [6, 6.07) is 0.858. The summed E-state index contributed by atoms with van der Waals surface area (Å²) < 4.78 is 0. The van der Waals surface area contributed by atoms with E-state index in [2.05, 4.69) is 10.2 Å². The molecule has 0 amide bonds. The van der Waals surface area contributed by atoms with Gasteiger partial charge in [-0.05, 0) is 45.1 Å². The van der Waals surface area contributed by atoms with Crippen LogP contribution in [0.2, 0.25) is 0 Å². The van der Waals surface area contributed by atoms with Crippen molar-refractivity contribution in [1.82, 2.24) is 10.2 Å². The number of nitrogens with zero attached hydrogens (tertiary/aromatic N) is 1. The van der Waals surface area contributed by atoms with E-state index in [1.807, 2.05) is 6.92 Å². The Morgan fingerprint density at radius 3 is 2.73 bits per heavy atom. The van der Waals surface area contributed by atoms with Crippen LogP contribution in [0.25, 0.3) is 0 Å². The van der Waals surface area contributed by atoms with Crippen molar-refractivity contribution in [3.63, 3.8) is 0 Å². The molecular formula is C12H24N2O. The molecular weight excluding hydrogens is 188 g/mol. The molecule has 0 radical (unpaired) electrons. The highest BCUT2D eigenvalue weighted by Crippen LogP contribution is 2.21. The zero-order valence-electron chi connectivity index (χ0n) is 9.78. The van der Waals surface area contributed by atoms with Crippen molar-refractivity contribution < 1.29 is 5.11 Å². The summed E-state index contributed by atoms with van der Waals surface area (Å²) in [5, 5.41) is 12.7. The van der Waals surface area contributed by atoms with Crippen LogP contribution in [0.5, 0.6) is 0 Å². The zero-order chi connectivity index (χ0) is 10.7. The van der Waals surface area contributed by atoms with Gasteiger partial charge < -0.3 is 15.3 Å². The van der Waals surface area contributed by atoms with Crippen molar-refractivity contribution in [2.45, 2.75) is 44.8 Å². The fourth-order valence-electron chi connectivity index (χ4n) is 2.19. The molecule has 2 N–H and O–H groups in total. The van der Waals surface area contributed by atoms with E-state index in [4.69, 9.17) is 5.11 Å². The van der Waals surface area contributed by atoms with E-state index >= 15 is 0 Å². The predicted molar refractivity (Wildman–Crippen MR) is 61.9 cm³/mol. The van der Waals surface area contributed by atoms with Crippen molar-refractivity contribution in [3.05, 3.63) is 0 Å². The van der Waals surface area contributed by atoms with Crippen LogP contribution < -0.4 is 5.32 Å². The van der Waals surface area contributed by atoms with Gasteiger partial charge in [-0.2, -0.15) is 0 Å². The standard InChI is InChI=1S/C12H24N2O/c1-10(15)5-7-14-8-11(9-14)4-6-13-12-2-3-12/h10-13,15H,2-9H2,1H3. The van der Waals surface area contributed by atoms with Crippen LogP contribution in [-0.2, 0) is 0 Å². The molecule has 1 aliphatic carbocycles. The fraction of sp³-hybridized carbons (Fsp3) is 1.00. The summed E-state index contributed by atoms with van der Waals surface area (Å²) in [5.41, 5.74) is 0. The monoisotopic (exact) mass is 212 g/mol. The van der Waals surface area contributed by atoms with E-state index in [9.17, 15) is 0 Å². The van der Waals surface area contributed by atoms with E-state index in [1.165, 1.54) is 38.9 Å². The highest BCUT2D eigenvalue weighted by Gasteiger charge is 2.27. The molecule has 1 heterocycles. The molecule has 1 aliphatic heterocycles. The number of aliphatic hydroxyl groups excluding tert-OH is 1. The predicted octanol–water partition coefficient (Wildman–Crippen LogP) is 0.831. The molecule has 0 aromatic heterocycles. The van der Waals surface area contributed by atoms with Crippen molar-refractivity contribution >= 4 is 0 Å². The Labute approximate surface area is 92.8 Å². The highest BCUT2D eigenvalue weighted by atomic mass is 16.3. The van der Waals surface area contributed by atoms with Crippen molar-refractivity contribution in [2.75, 3.05) is 26.2 Å². The third-order valence-electron chi connectivity index (χ3n) is 3.46. The molecule has 1 saturated carbocycles. The molecule has 15 heavy (non-hydrogen) atoms. The van der Waals surface area contributed by atoms with Crippen LogP contribution >= 0.6 is 0 Å². The quantitative estimate of drug-likeness (QED) is 0.656. The van der Waals surface area contributed by atoms with Crippen molar-refractivity contribution in [2.24, 2.45) is 5.92 Å². The molecule has 3 heteroatoms. The molecule has 2 fully saturated rings. The maximum atomic E-state index is 9.16. The van der Waals surface area contributed by atoms with Gasteiger partial charge in [-0.25, -0.2) is 0 Å². The minimum Gasteiger partial charge on any atom is -0.393 e. The lowest BCUT2D eigenvalue weighted by atomic mass is 9.96. The van der Waals surface area contributed by atoms with Crippen LogP contribution in [0.15, 0.2) is 0 Å². The smallest absolute Gasteiger partial charge is 0.0524 e. The summed E-state index contributed by atoms with van der Waals surface area (Å²) in [6.45, 7) is 6.65. The lowest BCUT2D eigenvalue weighted by molar-refractivity contribution is 0.0729. The van der Waals surface area contributed by atoms with Gasteiger partial charge in [-0.1, -0.05) is 0 Å². The average molecular weight is 212 g/mol. The summed E-state index contributed by atoms with van der Waals surface area (Å²) in [5.74, 6) is 0.908. The van der Waals surface area contributed by atoms with E-state index in [1.54, 1.807) is 0 Å². The molecule has 3 nitrogen and oxygen atoms in total. The number of rotatable bonds is 7. The Bertz CT molecular complexity index is 186. The first-order chi connectivity index (χ1) is 7.24. The second-order valence-electron chi connectivity index (χ2n) is 5.28. The second kappa shape index (κ2) is 5.28. The third kappa shape index (κ3) is 4.09. The van der Waals surface area contributed by atoms with Gasteiger partial charge in [0.2, 0.25) is 0 Å². The minimum absolute atomic E-state index is 0.138. The third-order valence-corrected chi connectivity index (χ3v) is 3.46. The molecule has 0 aromatic rings. The Hall–Kier alpha value is -0.120. The lowest BCUT2D eigenvalue weighted by Crippen LogP contribution is -2.48. The highest BCUT2D eigenvalue weighted by molar-refractivity contribution is 4.84. The average Bonchev–Trinajstić information content (AvgIpc) is 2.90. The first-order valence-electron chi connectivity index (χ1n) is 6.38. The van der Waals surface area contributed by atoms with Gasteiger partial charge in [0.05, 0.1) is 6.10 Å². The van der Waals surface area contributed by atoms with Gasteiger partial charge in [-0.15, -0.1) is 0 Å². The van der Waals surface area contributed by atoms with Crippen LogP contribution in [-0.4, -0.2) is 48.3 Å². The fourth-order valence-corrected chi connectivity index (χ4v) is 2.19. The number of likely N-dealkylation sites (tertiary alicyclic amines) is 1. The largest absolute Gasteiger partial charge is 0.393 e. The van der Waals surface area contributed by atoms with E-state index in [-0.39, 0.29) is 6.10 Å².